The number of amides is 1. The zero-order valence-electron chi connectivity index (χ0n) is 14.7. The molecule has 3 rings (SSSR count). The normalized spacial score (nSPS) is 21.7. The fourth-order valence-corrected chi connectivity index (χ4v) is 3.77. The number of carbonyl (C=O) groups is 2. The molecule has 0 spiro atoms. The topological polar surface area (TPSA) is 78.9 Å². The summed E-state index contributed by atoms with van der Waals surface area (Å²) >= 11 is 0. The molecule has 0 aliphatic carbocycles. The Kier molecular flexibility index (Phi) is 5.88. The highest BCUT2D eigenvalue weighted by Gasteiger charge is 2.43. The molecule has 1 amide bonds. The predicted octanol–water partition coefficient (Wildman–Crippen LogP) is 2.10. The van der Waals surface area contributed by atoms with E-state index in [0.29, 0.717) is 18.8 Å². The summed E-state index contributed by atoms with van der Waals surface area (Å²) in [6.45, 7) is 2.13. The minimum absolute atomic E-state index is 0.240. The Bertz CT molecular complexity index is 637. The van der Waals surface area contributed by atoms with Crippen LogP contribution in [0.3, 0.4) is 0 Å². The molecule has 2 saturated heterocycles. The first kappa shape index (κ1) is 18.8. The van der Waals surface area contributed by atoms with Crippen LogP contribution in [0.25, 0.3) is 0 Å². The molecule has 6 nitrogen and oxygen atoms in total. The zero-order chi connectivity index (χ0) is 18.6. The third-order valence-corrected chi connectivity index (χ3v) is 5.31. The molecule has 0 bridgehead atoms. The van der Waals surface area contributed by atoms with E-state index >= 15 is 0 Å². The molecule has 2 aliphatic heterocycles. The molecule has 1 atom stereocenters. The van der Waals surface area contributed by atoms with Crippen molar-refractivity contribution in [1.82, 2.24) is 10.2 Å². The van der Waals surface area contributed by atoms with Crippen molar-refractivity contribution in [2.45, 2.75) is 43.7 Å². The van der Waals surface area contributed by atoms with Crippen molar-refractivity contribution in [3.8, 4) is 0 Å². The van der Waals surface area contributed by atoms with Crippen LogP contribution < -0.4 is 5.32 Å². The number of aliphatic carboxylic acids is 1. The van der Waals surface area contributed by atoms with Gasteiger partial charge in [0.05, 0.1) is 0 Å². The highest BCUT2D eigenvalue weighted by molar-refractivity contribution is 5.90. The predicted molar refractivity (Wildman–Crippen MR) is 93.1 cm³/mol. The van der Waals surface area contributed by atoms with Crippen molar-refractivity contribution >= 4 is 11.9 Å². The molecule has 142 valence electrons. The molecule has 7 heteroatoms. The van der Waals surface area contributed by atoms with Gasteiger partial charge in [-0.1, -0.05) is 18.6 Å². The molecule has 2 aliphatic rings. The Morgan fingerprint density at radius 2 is 1.73 bits per heavy atom. The van der Waals surface area contributed by atoms with Crippen LogP contribution in [-0.4, -0.2) is 53.7 Å². The van der Waals surface area contributed by atoms with E-state index in [1.165, 1.54) is 12.1 Å². The van der Waals surface area contributed by atoms with Crippen LogP contribution in [0, 0.1) is 5.82 Å². The lowest BCUT2D eigenvalue weighted by atomic mass is 9.89. The standard InChI is InChI=1S/C19H25FN2O4/c20-15-6-4-14(5-7-15)16(22-10-2-1-3-11-22)17(23)21-19(18(24)25)8-12-26-13-9-19/h4-7,16H,1-3,8-13H2,(H,21,23)(H,24,25). The smallest absolute Gasteiger partial charge is 0.329 e. The van der Waals surface area contributed by atoms with Crippen molar-refractivity contribution in [2.75, 3.05) is 26.3 Å². The molecule has 0 radical (unpaired) electrons. The minimum Gasteiger partial charge on any atom is -0.480 e. The van der Waals surface area contributed by atoms with Gasteiger partial charge in [-0.15, -0.1) is 0 Å². The van der Waals surface area contributed by atoms with Crippen molar-refractivity contribution in [1.29, 1.82) is 0 Å². The second-order valence-electron chi connectivity index (χ2n) is 7.04. The Labute approximate surface area is 152 Å². The number of likely N-dealkylation sites (tertiary alicyclic amines) is 1. The Balaban J connectivity index is 1.86. The number of rotatable bonds is 5. The molecule has 2 N–H and O–H groups in total. The quantitative estimate of drug-likeness (QED) is 0.837. The number of nitrogens with zero attached hydrogens (tertiary/aromatic N) is 1. The van der Waals surface area contributed by atoms with Gasteiger partial charge in [0.25, 0.3) is 0 Å². The summed E-state index contributed by atoms with van der Waals surface area (Å²) in [5.41, 5.74) is -0.623. The summed E-state index contributed by atoms with van der Waals surface area (Å²) in [7, 11) is 0. The van der Waals surface area contributed by atoms with E-state index in [-0.39, 0.29) is 24.6 Å². The largest absolute Gasteiger partial charge is 0.480 e. The summed E-state index contributed by atoms with van der Waals surface area (Å²) in [6.07, 6.45) is 3.57. The van der Waals surface area contributed by atoms with Crippen LogP contribution in [0.4, 0.5) is 4.39 Å². The number of hydrogen-bond donors (Lipinski definition) is 2. The molecular formula is C19H25FN2O4. The molecule has 1 aromatic carbocycles. The fourth-order valence-electron chi connectivity index (χ4n) is 3.77. The highest BCUT2D eigenvalue weighted by Crippen LogP contribution is 2.28. The molecule has 26 heavy (non-hydrogen) atoms. The number of halogens is 1. The van der Waals surface area contributed by atoms with Gasteiger partial charge in [0.2, 0.25) is 5.91 Å². The number of carboxylic acid groups (broad SMARTS) is 1. The van der Waals surface area contributed by atoms with Crippen LogP contribution in [0.1, 0.15) is 43.7 Å². The van der Waals surface area contributed by atoms with E-state index in [9.17, 15) is 19.1 Å². The molecule has 2 fully saturated rings. The van der Waals surface area contributed by atoms with Crippen molar-refractivity contribution in [2.24, 2.45) is 0 Å². The zero-order valence-corrected chi connectivity index (χ0v) is 14.7. The molecule has 0 saturated carbocycles. The first-order chi connectivity index (χ1) is 12.5. The number of benzene rings is 1. The lowest BCUT2D eigenvalue weighted by Gasteiger charge is -2.38. The highest BCUT2D eigenvalue weighted by atomic mass is 19.1. The van der Waals surface area contributed by atoms with Crippen molar-refractivity contribution in [3.63, 3.8) is 0 Å². The summed E-state index contributed by atoms with van der Waals surface area (Å²) in [5.74, 6) is -1.74. The third kappa shape index (κ3) is 4.04. The Morgan fingerprint density at radius 1 is 1.12 bits per heavy atom. The van der Waals surface area contributed by atoms with Gasteiger partial charge in [0.15, 0.2) is 0 Å². The maximum atomic E-state index is 13.3. The van der Waals surface area contributed by atoms with Gasteiger partial charge in [-0.25, -0.2) is 9.18 Å². The summed E-state index contributed by atoms with van der Waals surface area (Å²) < 4.78 is 18.6. The maximum Gasteiger partial charge on any atom is 0.329 e. The average molecular weight is 364 g/mol. The van der Waals surface area contributed by atoms with Gasteiger partial charge >= 0.3 is 5.97 Å². The van der Waals surface area contributed by atoms with E-state index in [1.807, 2.05) is 0 Å². The van der Waals surface area contributed by atoms with Gasteiger partial charge in [-0.2, -0.15) is 0 Å². The van der Waals surface area contributed by atoms with Crippen molar-refractivity contribution < 1.29 is 23.8 Å². The van der Waals surface area contributed by atoms with E-state index in [4.69, 9.17) is 4.74 Å². The van der Waals surface area contributed by atoms with E-state index in [2.05, 4.69) is 10.2 Å². The van der Waals surface area contributed by atoms with Gasteiger partial charge in [-0.3, -0.25) is 9.69 Å². The second kappa shape index (κ2) is 8.14. The van der Waals surface area contributed by atoms with Gasteiger partial charge in [-0.05, 0) is 43.6 Å². The van der Waals surface area contributed by atoms with Gasteiger partial charge < -0.3 is 15.2 Å². The SMILES string of the molecule is O=C(NC1(C(=O)O)CCOCC1)C(c1ccc(F)cc1)N1CCCCC1. The first-order valence-corrected chi connectivity index (χ1v) is 9.14. The summed E-state index contributed by atoms with van der Waals surface area (Å²) in [6, 6.07) is 5.26. The number of hydrogen-bond acceptors (Lipinski definition) is 4. The molecule has 0 aromatic heterocycles. The monoisotopic (exact) mass is 364 g/mol. The number of carbonyl (C=O) groups excluding carboxylic acids is 1. The van der Waals surface area contributed by atoms with E-state index in [1.54, 1.807) is 12.1 Å². The van der Waals surface area contributed by atoms with Crippen LogP contribution >= 0.6 is 0 Å². The molecule has 1 unspecified atom stereocenters. The summed E-state index contributed by atoms with van der Waals surface area (Å²) in [5, 5.41) is 12.5. The van der Waals surface area contributed by atoms with Gasteiger partial charge in [0.1, 0.15) is 17.4 Å². The van der Waals surface area contributed by atoms with Crippen LogP contribution in [0.15, 0.2) is 24.3 Å². The third-order valence-electron chi connectivity index (χ3n) is 5.31. The van der Waals surface area contributed by atoms with E-state index < -0.39 is 17.6 Å². The molecule has 2 heterocycles. The van der Waals surface area contributed by atoms with Crippen LogP contribution in [-0.2, 0) is 14.3 Å². The number of nitrogens with one attached hydrogen (secondary N) is 1. The lowest BCUT2D eigenvalue weighted by Crippen LogP contribution is -2.59. The van der Waals surface area contributed by atoms with Crippen LogP contribution in [0.2, 0.25) is 0 Å². The Hall–Kier alpha value is -1.99. The molecular weight excluding hydrogens is 339 g/mol. The number of ether oxygens (including phenoxy) is 1. The fraction of sp³-hybridized carbons (Fsp3) is 0.579. The van der Waals surface area contributed by atoms with E-state index in [0.717, 1.165) is 32.4 Å². The second-order valence-corrected chi connectivity index (χ2v) is 7.04. The minimum atomic E-state index is -1.30. The number of carboxylic acids is 1. The first-order valence-electron chi connectivity index (χ1n) is 9.14. The average Bonchev–Trinajstić information content (AvgIpc) is 2.65. The number of piperidine rings is 1. The van der Waals surface area contributed by atoms with Gasteiger partial charge in [0, 0.05) is 26.1 Å². The maximum absolute atomic E-state index is 13.3. The Morgan fingerprint density at radius 3 is 2.31 bits per heavy atom. The molecule has 1 aromatic rings. The van der Waals surface area contributed by atoms with Crippen LogP contribution in [0.5, 0.6) is 0 Å². The summed E-state index contributed by atoms with van der Waals surface area (Å²) in [4.78, 5) is 27.1. The lowest BCUT2D eigenvalue weighted by molar-refractivity contribution is -0.153. The van der Waals surface area contributed by atoms with Crippen molar-refractivity contribution in [3.05, 3.63) is 35.6 Å².